The predicted octanol–water partition coefficient (Wildman–Crippen LogP) is 4.15. The van der Waals surface area contributed by atoms with E-state index in [-0.39, 0.29) is 0 Å². The van der Waals surface area contributed by atoms with Crippen LogP contribution in [0.15, 0.2) is 41.0 Å². The number of anilines is 2. The highest BCUT2D eigenvalue weighted by Gasteiger charge is 2.16. The number of halogens is 1. The molecule has 2 N–H and O–H groups in total. The molecule has 2 rings (SSSR count). The molecule has 0 aliphatic carbocycles. The molecule has 0 saturated carbocycles. The van der Waals surface area contributed by atoms with Crippen molar-refractivity contribution in [2.45, 2.75) is 33.4 Å². The summed E-state index contributed by atoms with van der Waals surface area (Å²) in [7, 11) is 0. The number of aryl methyl sites for hydroxylation is 1. The Hall–Kier alpha value is -1.55. The minimum atomic E-state index is 0.359. The summed E-state index contributed by atoms with van der Waals surface area (Å²) >= 11 is 3.65. The molecule has 106 valence electrons. The van der Waals surface area contributed by atoms with Gasteiger partial charge < -0.3 is 10.6 Å². The topological polar surface area (TPSA) is 42.2 Å². The first-order valence-electron chi connectivity index (χ1n) is 6.71. The van der Waals surface area contributed by atoms with Crippen LogP contribution in [-0.4, -0.2) is 11.0 Å². The van der Waals surface area contributed by atoms with Crippen LogP contribution in [0.25, 0.3) is 0 Å². The fraction of sp³-hybridized carbons (Fsp3) is 0.312. The summed E-state index contributed by atoms with van der Waals surface area (Å²) in [4.78, 5) is 6.81. The Morgan fingerprint density at radius 3 is 2.45 bits per heavy atom. The second-order valence-electron chi connectivity index (χ2n) is 5.23. The van der Waals surface area contributed by atoms with Crippen molar-refractivity contribution in [3.63, 3.8) is 0 Å². The number of nitrogens with zero attached hydrogens (tertiary/aromatic N) is 2. The summed E-state index contributed by atoms with van der Waals surface area (Å²) in [5.74, 6) is 0.983. The summed E-state index contributed by atoms with van der Waals surface area (Å²) in [6.07, 6.45) is 1.85. The zero-order chi connectivity index (χ0) is 14.7. The van der Waals surface area contributed by atoms with Gasteiger partial charge in [-0.05, 0) is 66.0 Å². The Labute approximate surface area is 129 Å². The van der Waals surface area contributed by atoms with Crippen molar-refractivity contribution in [2.24, 2.45) is 0 Å². The standard InChI is InChI=1S/C16H20BrN3/c1-11(2)20(10-13-4-6-14(18)7-5-13)16-15(17)12(3)8-9-19-16/h4-9,11H,10,18H2,1-3H3. The molecule has 0 aliphatic heterocycles. The fourth-order valence-corrected chi connectivity index (χ4v) is 2.51. The van der Waals surface area contributed by atoms with Gasteiger partial charge in [0.25, 0.3) is 0 Å². The van der Waals surface area contributed by atoms with E-state index in [4.69, 9.17) is 5.73 Å². The highest BCUT2D eigenvalue weighted by molar-refractivity contribution is 9.10. The molecule has 0 spiro atoms. The second-order valence-corrected chi connectivity index (χ2v) is 6.02. The average molecular weight is 334 g/mol. The molecule has 0 radical (unpaired) electrons. The maximum atomic E-state index is 5.74. The molecule has 0 fully saturated rings. The van der Waals surface area contributed by atoms with Gasteiger partial charge in [-0.1, -0.05) is 12.1 Å². The Kier molecular flexibility index (Phi) is 4.65. The Bertz CT molecular complexity index is 579. The average Bonchev–Trinajstić information content (AvgIpc) is 2.41. The monoisotopic (exact) mass is 333 g/mol. The first-order chi connectivity index (χ1) is 9.49. The molecule has 0 atom stereocenters. The van der Waals surface area contributed by atoms with Gasteiger partial charge in [-0.3, -0.25) is 0 Å². The molecule has 1 aromatic carbocycles. The minimum Gasteiger partial charge on any atom is -0.399 e. The predicted molar refractivity (Wildman–Crippen MR) is 88.8 cm³/mol. The van der Waals surface area contributed by atoms with Crippen molar-refractivity contribution in [2.75, 3.05) is 10.6 Å². The van der Waals surface area contributed by atoms with E-state index in [1.807, 2.05) is 24.4 Å². The second kappa shape index (κ2) is 6.27. The SMILES string of the molecule is Cc1ccnc(N(Cc2ccc(N)cc2)C(C)C)c1Br. The highest BCUT2D eigenvalue weighted by Crippen LogP contribution is 2.29. The Balaban J connectivity index is 2.32. The van der Waals surface area contributed by atoms with Crippen molar-refractivity contribution in [3.05, 3.63) is 52.1 Å². The number of rotatable bonds is 4. The van der Waals surface area contributed by atoms with Gasteiger partial charge in [-0.15, -0.1) is 0 Å². The Morgan fingerprint density at radius 1 is 1.20 bits per heavy atom. The summed E-state index contributed by atoms with van der Waals surface area (Å²) < 4.78 is 1.06. The van der Waals surface area contributed by atoms with Gasteiger partial charge in [0.1, 0.15) is 5.82 Å². The van der Waals surface area contributed by atoms with Crippen molar-refractivity contribution in [1.82, 2.24) is 4.98 Å². The molecular weight excluding hydrogens is 314 g/mol. The van der Waals surface area contributed by atoms with E-state index < -0.39 is 0 Å². The molecule has 1 heterocycles. The first kappa shape index (κ1) is 14.9. The van der Waals surface area contributed by atoms with Crippen LogP contribution in [-0.2, 0) is 6.54 Å². The highest BCUT2D eigenvalue weighted by atomic mass is 79.9. The maximum Gasteiger partial charge on any atom is 0.143 e. The molecule has 0 unspecified atom stereocenters. The zero-order valence-electron chi connectivity index (χ0n) is 12.1. The molecule has 20 heavy (non-hydrogen) atoms. The van der Waals surface area contributed by atoms with E-state index >= 15 is 0 Å². The molecule has 4 heteroatoms. The molecule has 1 aromatic heterocycles. The largest absolute Gasteiger partial charge is 0.399 e. The number of pyridine rings is 1. The van der Waals surface area contributed by atoms with Gasteiger partial charge in [0, 0.05) is 24.5 Å². The van der Waals surface area contributed by atoms with Crippen LogP contribution in [0.3, 0.4) is 0 Å². The first-order valence-corrected chi connectivity index (χ1v) is 7.50. The lowest BCUT2D eigenvalue weighted by atomic mass is 10.1. The van der Waals surface area contributed by atoms with E-state index in [9.17, 15) is 0 Å². The third-order valence-corrected chi connectivity index (χ3v) is 4.27. The van der Waals surface area contributed by atoms with Crippen LogP contribution in [0.5, 0.6) is 0 Å². The smallest absolute Gasteiger partial charge is 0.143 e. The van der Waals surface area contributed by atoms with Gasteiger partial charge in [-0.2, -0.15) is 0 Å². The number of nitrogens with two attached hydrogens (primary N) is 1. The van der Waals surface area contributed by atoms with Gasteiger partial charge in [-0.25, -0.2) is 4.98 Å². The van der Waals surface area contributed by atoms with E-state index in [1.54, 1.807) is 0 Å². The van der Waals surface area contributed by atoms with Crippen LogP contribution in [0.1, 0.15) is 25.0 Å². The van der Waals surface area contributed by atoms with E-state index in [0.29, 0.717) is 6.04 Å². The molecule has 0 saturated heterocycles. The lowest BCUT2D eigenvalue weighted by Crippen LogP contribution is -2.31. The van der Waals surface area contributed by atoms with Gasteiger partial charge >= 0.3 is 0 Å². The normalized spacial score (nSPS) is 10.8. The number of benzene rings is 1. The van der Waals surface area contributed by atoms with E-state index in [0.717, 1.165) is 22.5 Å². The quantitative estimate of drug-likeness (QED) is 0.854. The van der Waals surface area contributed by atoms with Crippen LogP contribution in [0.2, 0.25) is 0 Å². The van der Waals surface area contributed by atoms with Crippen molar-refractivity contribution < 1.29 is 0 Å². The van der Waals surface area contributed by atoms with Gasteiger partial charge in [0.2, 0.25) is 0 Å². The maximum absolute atomic E-state index is 5.74. The summed E-state index contributed by atoms with van der Waals surface area (Å²) in [5, 5.41) is 0. The van der Waals surface area contributed by atoms with Crippen LogP contribution >= 0.6 is 15.9 Å². The van der Waals surface area contributed by atoms with Crippen molar-refractivity contribution in [1.29, 1.82) is 0 Å². The Morgan fingerprint density at radius 2 is 1.85 bits per heavy atom. The molecule has 0 amide bonds. The third-order valence-electron chi connectivity index (χ3n) is 3.29. The van der Waals surface area contributed by atoms with Crippen molar-refractivity contribution in [3.8, 4) is 0 Å². The number of hydrogen-bond donors (Lipinski definition) is 1. The molecular formula is C16H20BrN3. The van der Waals surface area contributed by atoms with Crippen LogP contribution in [0, 0.1) is 6.92 Å². The van der Waals surface area contributed by atoms with Crippen LogP contribution < -0.4 is 10.6 Å². The van der Waals surface area contributed by atoms with Gasteiger partial charge in [0.05, 0.1) is 4.47 Å². The number of nitrogen functional groups attached to an aromatic ring is 1. The van der Waals surface area contributed by atoms with Crippen LogP contribution in [0.4, 0.5) is 11.5 Å². The lowest BCUT2D eigenvalue weighted by molar-refractivity contribution is 0.670. The third kappa shape index (κ3) is 3.31. The van der Waals surface area contributed by atoms with E-state index in [2.05, 4.69) is 58.7 Å². The molecule has 0 aliphatic rings. The summed E-state index contributed by atoms with van der Waals surface area (Å²) in [5.41, 5.74) is 8.95. The van der Waals surface area contributed by atoms with Crippen molar-refractivity contribution >= 4 is 27.4 Å². The van der Waals surface area contributed by atoms with E-state index in [1.165, 1.54) is 11.1 Å². The number of hydrogen-bond acceptors (Lipinski definition) is 3. The molecule has 3 nitrogen and oxygen atoms in total. The minimum absolute atomic E-state index is 0.359. The fourth-order valence-electron chi connectivity index (χ4n) is 2.05. The zero-order valence-corrected chi connectivity index (χ0v) is 13.7. The molecule has 0 bridgehead atoms. The number of aromatic nitrogens is 1. The summed E-state index contributed by atoms with van der Waals surface area (Å²) in [6.45, 7) is 7.24. The molecule has 2 aromatic rings. The van der Waals surface area contributed by atoms with Gasteiger partial charge in [0.15, 0.2) is 0 Å². The lowest BCUT2D eigenvalue weighted by Gasteiger charge is -2.29. The summed E-state index contributed by atoms with van der Waals surface area (Å²) in [6, 6.07) is 10.4.